The zero-order chi connectivity index (χ0) is 19.2. The number of nitrogens with zero attached hydrogens (tertiary/aromatic N) is 1. The van der Waals surface area contributed by atoms with Crippen molar-refractivity contribution in [2.75, 3.05) is 39.4 Å². The van der Waals surface area contributed by atoms with Gasteiger partial charge in [0.2, 0.25) is 0 Å². The van der Waals surface area contributed by atoms with Crippen LogP contribution in [0.5, 0.6) is 17.2 Å². The van der Waals surface area contributed by atoms with Crippen LogP contribution in [0.3, 0.4) is 0 Å². The maximum atomic E-state index is 11.6. The topological polar surface area (TPSA) is 98.2 Å². The predicted octanol–water partition coefficient (Wildman–Crippen LogP) is 0.955. The van der Waals surface area contributed by atoms with Crippen LogP contribution in [-0.2, 0) is 16.4 Å². The van der Waals surface area contributed by atoms with Crippen LogP contribution < -0.4 is 24.8 Å². The summed E-state index contributed by atoms with van der Waals surface area (Å²) in [5.74, 6) is 2.75. The van der Waals surface area contributed by atoms with Gasteiger partial charge in [-0.2, -0.15) is 0 Å². The fourth-order valence-corrected chi connectivity index (χ4v) is 4.48. The highest BCUT2D eigenvalue weighted by atomic mass is 32.2. The lowest BCUT2D eigenvalue weighted by atomic mass is 10.1. The second kappa shape index (κ2) is 8.98. The maximum Gasteiger partial charge on any atom is 0.191 e. The summed E-state index contributed by atoms with van der Waals surface area (Å²) in [5.41, 5.74) is 0.835. The van der Waals surface area contributed by atoms with Crippen molar-refractivity contribution in [3.8, 4) is 17.2 Å². The molecule has 1 fully saturated rings. The third kappa shape index (κ3) is 5.17. The Labute approximate surface area is 154 Å². The zero-order valence-electron chi connectivity index (χ0n) is 15.7. The van der Waals surface area contributed by atoms with Gasteiger partial charge in [0.05, 0.1) is 39.4 Å². The highest BCUT2D eigenvalue weighted by Crippen LogP contribution is 2.34. The molecule has 0 saturated carbocycles. The average Bonchev–Trinajstić information content (AvgIpc) is 2.97. The van der Waals surface area contributed by atoms with Crippen LogP contribution in [0.25, 0.3) is 0 Å². The van der Waals surface area contributed by atoms with Crippen molar-refractivity contribution in [3.05, 3.63) is 17.7 Å². The Bertz CT molecular complexity index is 749. The molecular weight excluding hydrogens is 358 g/mol. The smallest absolute Gasteiger partial charge is 0.191 e. The van der Waals surface area contributed by atoms with Crippen LogP contribution in [0.1, 0.15) is 18.9 Å². The van der Waals surface area contributed by atoms with Gasteiger partial charge in [0.25, 0.3) is 0 Å². The van der Waals surface area contributed by atoms with Gasteiger partial charge < -0.3 is 24.8 Å². The molecule has 0 radical (unpaired) electrons. The highest BCUT2D eigenvalue weighted by molar-refractivity contribution is 7.91. The van der Waals surface area contributed by atoms with Gasteiger partial charge in [-0.25, -0.2) is 13.4 Å². The van der Waals surface area contributed by atoms with E-state index in [0.29, 0.717) is 42.7 Å². The number of benzene rings is 1. The number of nitrogens with one attached hydrogen (secondary N) is 2. The molecule has 1 unspecified atom stereocenters. The molecule has 9 heteroatoms. The molecule has 1 atom stereocenters. The van der Waals surface area contributed by atoms with Crippen molar-refractivity contribution in [3.63, 3.8) is 0 Å². The summed E-state index contributed by atoms with van der Waals surface area (Å²) in [6.45, 7) is 2.98. The van der Waals surface area contributed by atoms with E-state index < -0.39 is 9.84 Å². The lowest BCUT2D eigenvalue weighted by Gasteiger charge is -2.17. The number of hydrogen-bond donors (Lipinski definition) is 2. The van der Waals surface area contributed by atoms with Crippen LogP contribution in [0.15, 0.2) is 17.1 Å². The standard InChI is InChI=1S/C17H27N3O5S/c1-5-18-17(20-13-6-7-26(21,22)11-13)19-10-12-8-15(24-3)16(25-4)9-14(12)23-2/h8-9,13H,5-7,10-11H2,1-4H3,(H2,18,19,20). The summed E-state index contributed by atoms with van der Waals surface area (Å²) in [6.07, 6.45) is 0.590. The van der Waals surface area contributed by atoms with E-state index in [9.17, 15) is 8.42 Å². The lowest BCUT2D eigenvalue weighted by Crippen LogP contribution is -2.44. The third-order valence-electron chi connectivity index (χ3n) is 4.11. The average molecular weight is 385 g/mol. The molecule has 146 valence electrons. The van der Waals surface area contributed by atoms with Crippen molar-refractivity contribution in [1.29, 1.82) is 0 Å². The molecule has 8 nitrogen and oxygen atoms in total. The van der Waals surface area contributed by atoms with Gasteiger partial charge in [0.1, 0.15) is 5.75 Å². The number of rotatable bonds is 7. The SMILES string of the molecule is CCNC(=NCc1cc(OC)c(OC)cc1OC)NC1CCS(=O)(=O)C1. The van der Waals surface area contributed by atoms with Gasteiger partial charge in [-0.15, -0.1) is 0 Å². The first-order valence-electron chi connectivity index (χ1n) is 8.46. The van der Waals surface area contributed by atoms with Gasteiger partial charge in [0.15, 0.2) is 27.3 Å². The fraction of sp³-hybridized carbons (Fsp3) is 0.588. The Kier molecular flexibility index (Phi) is 6.96. The third-order valence-corrected chi connectivity index (χ3v) is 5.88. The number of ether oxygens (including phenoxy) is 3. The van der Waals surface area contributed by atoms with Crippen LogP contribution in [-0.4, -0.2) is 59.8 Å². The molecule has 2 N–H and O–H groups in total. The molecule has 0 amide bonds. The minimum absolute atomic E-state index is 0.120. The first-order valence-corrected chi connectivity index (χ1v) is 10.3. The van der Waals surface area contributed by atoms with Crippen molar-refractivity contribution >= 4 is 15.8 Å². The van der Waals surface area contributed by atoms with E-state index in [-0.39, 0.29) is 17.5 Å². The van der Waals surface area contributed by atoms with Gasteiger partial charge in [-0.1, -0.05) is 0 Å². The molecule has 1 heterocycles. The Morgan fingerprint density at radius 3 is 2.35 bits per heavy atom. The largest absolute Gasteiger partial charge is 0.496 e. The van der Waals surface area contributed by atoms with Crippen molar-refractivity contribution in [2.24, 2.45) is 4.99 Å². The maximum absolute atomic E-state index is 11.6. The molecule has 1 aliphatic rings. The normalized spacial score (nSPS) is 19.1. The molecule has 1 saturated heterocycles. The molecule has 0 spiro atoms. The molecule has 1 aromatic rings. The fourth-order valence-electron chi connectivity index (χ4n) is 2.80. The molecule has 1 aliphatic heterocycles. The summed E-state index contributed by atoms with van der Waals surface area (Å²) < 4.78 is 39.3. The minimum atomic E-state index is -2.95. The van der Waals surface area contributed by atoms with Gasteiger partial charge >= 0.3 is 0 Å². The van der Waals surface area contributed by atoms with E-state index in [1.165, 1.54) is 0 Å². The highest BCUT2D eigenvalue weighted by Gasteiger charge is 2.28. The van der Waals surface area contributed by atoms with Crippen molar-refractivity contribution in [1.82, 2.24) is 10.6 Å². The Morgan fingerprint density at radius 1 is 1.15 bits per heavy atom. The Hall–Kier alpha value is -2.16. The van der Waals surface area contributed by atoms with E-state index >= 15 is 0 Å². The summed E-state index contributed by atoms with van der Waals surface area (Å²) in [4.78, 5) is 4.56. The Balaban J connectivity index is 2.18. The quantitative estimate of drug-likeness (QED) is 0.533. The number of guanidine groups is 1. The van der Waals surface area contributed by atoms with Gasteiger partial charge in [-0.3, -0.25) is 0 Å². The monoisotopic (exact) mass is 385 g/mol. The summed E-state index contributed by atoms with van der Waals surface area (Å²) in [7, 11) is 1.78. The number of hydrogen-bond acceptors (Lipinski definition) is 6. The van der Waals surface area contributed by atoms with Crippen LogP contribution in [0.4, 0.5) is 0 Å². The van der Waals surface area contributed by atoms with E-state index in [1.54, 1.807) is 27.4 Å². The summed E-state index contributed by atoms with van der Waals surface area (Å²) >= 11 is 0. The number of methoxy groups -OCH3 is 3. The van der Waals surface area contributed by atoms with E-state index in [2.05, 4.69) is 15.6 Å². The minimum Gasteiger partial charge on any atom is -0.496 e. The van der Waals surface area contributed by atoms with Crippen molar-refractivity contribution < 1.29 is 22.6 Å². The van der Waals surface area contributed by atoms with Gasteiger partial charge in [-0.05, 0) is 19.4 Å². The lowest BCUT2D eigenvalue weighted by molar-refractivity contribution is 0.347. The molecule has 0 bridgehead atoms. The molecule has 0 aromatic heterocycles. The summed E-state index contributed by atoms with van der Waals surface area (Å²) in [5, 5.41) is 6.34. The van der Waals surface area contributed by atoms with E-state index in [0.717, 1.165) is 5.56 Å². The zero-order valence-corrected chi connectivity index (χ0v) is 16.5. The number of sulfone groups is 1. The summed E-state index contributed by atoms with van der Waals surface area (Å²) in [6, 6.07) is 3.46. The Morgan fingerprint density at radius 2 is 1.81 bits per heavy atom. The van der Waals surface area contributed by atoms with E-state index in [4.69, 9.17) is 14.2 Å². The molecule has 1 aromatic carbocycles. The van der Waals surface area contributed by atoms with Crippen LogP contribution >= 0.6 is 0 Å². The molecule has 0 aliphatic carbocycles. The van der Waals surface area contributed by atoms with Crippen molar-refractivity contribution in [2.45, 2.75) is 25.9 Å². The van der Waals surface area contributed by atoms with Crippen LogP contribution in [0.2, 0.25) is 0 Å². The molecular formula is C17H27N3O5S. The molecule has 26 heavy (non-hydrogen) atoms. The first-order chi connectivity index (χ1) is 12.4. The van der Waals surface area contributed by atoms with E-state index in [1.807, 2.05) is 13.0 Å². The molecule has 2 rings (SSSR count). The first kappa shape index (κ1) is 20.2. The van der Waals surface area contributed by atoms with Crippen LogP contribution in [0, 0.1) is 0 Å². The second-order valence-corrected chi connectivity index (χ2v) is 8.19. The van der Waals surface area contributed by atoms with Gasteiger partial charge in [0, 0.05) is 24.2 Å². The second-order valence-electron chi connectivity index (χ2n) is 5.96. The predicted molar refractivity (Wildman–Crippen MR) is 101 cm³/mol. The number of aliphatic imine (C=N–C) groups is 1.